The van der Waals surface area contributed by atoms with E-state index in [0.717, 1.165) is 0 Å². The van der Waals surface area contributed by atoms with Crippen LogP contribution in [0.25, 0.3) is 0 Å². The molecule has 1 atom stereocenters. The molecule has 2 N–H and O–H groups in total. The topological polar surface area (TPSA) is 58.6 Å². The zero-order valence-electron chi connectivity index (χ0n) is 11.4. The summed E-state index contributed by atoms with van der Waals surface area (Å²) in [5.41, 5.74) is 0.203. The van der Waals surface area contributed by atoms with Crippen LogP contribution < -0.4 is 5.32 Å². The summed E-state index contributed by atoms with van der Waals surface area (Å²) in [4.78, 5) is 11.8. The van der Waals surface area contributed by atoms with Crippen molar-refractivity contribution in [1.29, 1.82) is 0 Å². The number of rotatable bonds is 5. The molecule has 4 nitrogen and oxygen atoms in total. The van der Waals surface area contributed by atoms with Gasteiger partial charge in [-0.05, 0) is 45.0 Å². The van der Waals surface area contributed by atoms with E-state index in [2.05, 4.69) is 5.32 Å². The van der Waals surface area contributed by atoms with Crippen molar-refractivity contribution in [2.45, 2.75) is 32.5 Å². The number of amides is 1. The van der Waals surface area contributed by atoms with Crippen molar-refractivity contribution in [2.75, 3.05) is 13.2 Å². The van der Waals surface area contributed by atoms with E-state index >= 15 is 0 Å². The minimum atomic E-state index is -0.726. The van der Waals surface area contributed by atoms with Gasteiger partial charge in [0.15, 0.2) is 0 Å². The smallest absolute Gasteiger partial charge is 0.251 e. The van der Waals surface area contributed by atoms with Crippen molar-refractivity contribution in [1.82, 2.24) is 5.32 Å². The van der Waals surface area contributed by atoms with Gasteiger partial charge in [-0.25, -0.2) is 0 Å². The lowest BCUT2D eigenvalue weighted by Crippen LogP contribution is -2.36. The Labute approximate surface area is 118 Å². The van der Waals surface area contributed by atoms with Gasteiger partial charge in [0.05, 0.1) is 18.3 Å². The molecule has 0 saturated carbocycles. The van der Waals surface area contributed by atoms with Gasteiger partial charge in [-0.15, -0.1) is 0 Å². The van der Waals surface area contributed by atoms with Crippen LogP contribution in [0.15, 0.2) is 24.3 Å². The number of nitrogens with one attached hydrogen (secondary N) is 1. The fraction of sp³-hybridized carbons (Fsp3) is 0.500. The molecular formula is C14H20ClNO3. The third kappa shape index (κ3) is 6.57. The lowest BCUT2D eigenvalue weighted by molar-refractivity contribution is -0.0473. The minimum absolute atomic E-state index is 0.150. The molecule has 106 valence electrons. The minimum Gasteiger partial charge on any atom is -0.389 e. The highest BCUT2D eigenvalue weighted by Crippen LogP contribution is 2.09. The maximum Gasteiger partial charge on any atom is 0.251 e. The molecule has 1 rings (SSSR count). The van der Waals surface area contributed by atoms with Crippen LogP contribution in [0.3, 0.4) is 0 Å². The quantitative estimate of drug-likeness (QED) is 0.872. The summed E-state index contributed by atoms with van der Waals surface area (Å²) in [6.45, 7) is 6.06. The van der Waals surface area contributed by atoms with Gasteiger partial charge in [-0.2, -0.15) is 0 Å². The highest BCUT2D eigenvalue weighted by atomic mass is 35.5. The van der Waals surface area contributed by atoms with E-state index in [1.165, 1.54) is 0 Å². The Bertz CT molecular complexity index is 412. The maximum absolute atomic E-state index is 11.8. The molecule has 0 saturated heterocycles. The summed E-state index contributed by atoms with van der Waals surface area (Å²) in [6.07, 6.45) is -0.726. The monoisotopic (exact) mass is 285 g/mol. The van der Waals surface area contributed by atoms with E-state index in [-0.39, 0.29) is 24.7 Å². The first-order chi connectivity index (χ1) is 8.78. The van der Waals surface area contributed by atoms with Gasteiger partial charge < -0.3 is 15.2 Å². The Hall–Kier alpha value is -1.10. The summed E-state index contributed by atoms with van der Waals surface area (Å²) in [5.74, 6) is -0.244. The molecule has 1 amide bonds. The summed E-state index contributed by atoms with van der Waals surface area (Å²) in [7, 11) is 0. The van der Waals surface area contributed by atoms with Gasteiger partial charge in [0.25, 0.3) is 5.91 Å². The molecule has 5 heteroatoms. The number of hydrogen-bond donors (Lipinski definition) is 2. The molecule has 1 aromatic carbocycles. The average Bonchev–Trinajstić information content (AvgIpc) is 2.33. The zero-order chi connectivity index (χ0) is 14.5. The lowest BCUT2D eigenvalue weighted by atomic mass is 10.2. The predicted molar refractivity (Wildman–Crippen MR) is 75.5 cm³/mol. The average molecular weight is 286 g/mol. The molecule has 0 aliphatic rings. The molecule has 0 aliphatic heterocycles. The largest absolute Gasteiger partial charge is 0.389 e. The second kappa shape index (κ2) is 6.89. The van der Waals surface area contributed by atoms with Crippen molar-refractivity contribution in [3.05, 3.63) is 34.9 Å². The number of halogens is 1. The van der Waals surface area contributed by atoms with Crippen LogP contribution in [-0.2, 0) is 4.74 Å². The van der Waals surface area contributed by atoms with Gasteiger partial charge >= 0.3 is 0 Å². The van der Waals surface area contributed by atoms with Gasteiger partial charge in [0, 0.05) is 17.1 Å². The van der Waals surface area contributed by atoms with Crippen molar-refractivity contribution < 1.29 is 14.6 Å². The third-order valence-electron chi connectivity index (χ3n) is 2.31. The Morgan fingerprint density at radius 1 is 1.37 bits per heavy atom. The van der Waals surface area contributed by atoms with Crippen molar-refractivity contribution in [3.63, 3.8) is 0 Å². The first-order valence-electron chi connectivity index (χ1n) is 6.14. The molecule has 0 spiro atoms. The number of carbonyl (C=O) groups excluding carboxylic acids is 1. The molecule has 0 fully saturated rings. The van der Waals surface area contributed by atoms with Crippen molar-refractivity contribution in [3.8, 4) is 0 Å². The number of ether oxygens (including phenoxy) is 1. The number of aliphatic hydroxyl groups excluding tert-OH is 1. The second-order valence-electron chi connectivity index (χ2n) is 5.29. The third-order valence-corrected chi connectivity index (χ3v) is 2.57. The first kappa shape index (κ1) is 16.0. The molecule has 19 heavy (non-hydrogen) atoms. The van der Waals surface area contributed by atoms with Gasteiger partial charge in [-0.1, -0.05) is 11.6 Å². The highest BCUT2D eigenvalue weighted by molar-refractivity contribution is 6.30. The van der Waals surface area contributed by atoms with Crippen LogP contribution in [0.2, 0.25) is 5.02 Å². The number of benzene rings is 1. The Balaban J connectivity index is 2.36. The van der Waals surface area contributed by atoms with Crippen LogP contribution in [0.1, 0.15) is 31.1 Å². The molecule has 0 aromatic heterocycles. The van der Waals surface area contributed by atoms with Crippen molar-refractivity contribution in [2.24, 2.45) is 0 Å². The summed E-state index contributed by atoms with van der Waals surface area (Å²) >= 11 is 5.74. The molecule has 1 aromatic rings. The SMILES string of the molecule is CC(C)(C)OCC(O)CNC(=O)c1ccc(Cl)cc1. The van der Waals surface area contributed by atoms with Crippen LogP contribution in [-0.4, -0.2) is 35.9 Å². The molecule has 1 unspecified atom stereocenters. The summed E-state index contributed by atoms with van der Waals surface area (Å²) < 4.78 is 5.43. The van der Waals surface area contributed by atoms with Gasteiger partial charge in [0.2, 0.25) is 0 Å². The Kier molecular flexibility index (Phi) is 5.79. The van der Waals surface area contributed by atoms with Crippen molar-refractivity contribution >= 4 is 17.5 Å². The Morgan fingerprint density at radius 3 is 2.47 bits per heavy atom. The van der Waals surface area contributed by atoms with E-state index in [1.807, 2.05) is 20.8 Å². The fourth-order valence-electron chi connectivity index (χ4n) is 1.32. The van der Waals surface area contributed by atoms with E-state index in [4.69, 9.17) is 16.3 Å². The normalized spacial score (nSPS) is 13.1. The van der Waals surface area contributed by atoms with Crippen LogP contribution >= 0.6 is 11.6 Å². The van der Waals surface area contributed by atoms with E-state index in [9.17, 15) is 9.90 Å². The zero-order valence-corrected chi connectivity index (χ0v) is 12.2. The van der Waals surface area contributed by atoms with Crippen LogP contribution in [0.4, 0.5) is 0 Å². The molecule has 0 bridgehead atoms. The molecule has 0 aliphatic carbocycles. The number of carbonyl (C=O) groups is 1. The van der Waals surface area contributed by atoms with E-state index in [0.29, 0.717) is 10.6 Å². The van der Waals surface area contributed by atoms with Crippen LogP contribution in [0.5, 0.6) is 0 Å². The molecule has 0 radical (unpaired) electrons. The standard InChI is InChI=1S/C14H20ClNO3/c1-14(2,3)19-9-12(17)8-16-13(18)10-4-6-11(15)7-5-10/h4-7,12,17H,8-9H2,1-3H3,(H,16,18). The number of hydrogen-bond acceptors (Lipinski definition) is 3. The lowest BCUT2D eigenvalue weighted by Gasteiger charge is -2.22. The Morgan fingerprint density at radius 2 is 1.95 bits per heavy atom. The second-order valence-corrected chi connectivity index (χ2v) is 5.73. The predicted octanol–water partition coefficient (Wildman–Crippen LogP) is 2.25. The van der Waals surface area contributed by atoms with E-state index < -0.39 is 6.10 Å². The summed E-state index contributed by atoms with van der Waals surface area (Å²) in [6, 6.07) is 6.57. The first-order valence-corrected chi connectivity index (χ1v) is 6.51. The fourth-order valence-corrected chi connectivity index (χ4v) is 1.44. The van der Waals surface area contributed by atoms with Gasteiger partial charge in [-0.3, -0.25) is 4.79 Å². The molecule has 0 heterocycles. The highest BCUT2D eigenvalue weighted by Gasteiger charge is 2.14. The number of aliphatic hydroxyl groups is 1. The van der Waals surface area contributed by atoms with Crippen LogP contribution in [0, 0.1) is 0 Å². The van der Waals surface area contributed by atoms with Gasteiger partial charge in [0.1, 0.15) is 0 Å². The maximum atomic E-state index is 11.8. The molecular weight excluding hydrogens is 266 g/mol. The van der Waals surface area contributed by atoms with E-state index in [1.54, 1.807) is 24.3 Å². The summed E-state index contributed by atoms with van der Waals surface area (Å²) in [5, 5.41) is 12.9.